The van der Waals surface area contributed by atoms with Crippen molar-refractivity contribution >= 4 is 40.9 Å². The Morgan fingerprint density at radius 3 is 2.69 bits per heavy atom. The summed E-state index contributed by atoms with van der Waals surface area (Å²) in [6.07, 6.45) is 5.74. The molecule has 0 N–H and O–H groups in total. The molecule has 142 valence electrons. The van der Waals surface area contributed by atoms with Crippen LogP contribution in [0.1, 0.15) is 42.7 Å². The number of benzene rings is 1. The van der Waals surface area contributed by atoms with Gasteiger partial charge < -0.3 is 9.80 Å². The van der Waals surface area contributed by atoms with Crippen LogP contribution in [0, 0.1) is 0 Å². The third-order valence-corrected chi connectivity index (χ3v) is 7.80. The zero-order chi connectivity index (χ0) is 18.1. The number of likely N-dealkylation sites (tertiary alicyclic amines) is 1. The molecule has 2 saturated heterocycles. The highest BCUT2D eigenvalue weighted by Gasteiger charge is 2.37. The predicted molar refractivity (Wildman–Crippen MR) is 111 cm³/mol. The number of thioether (sulfide) groups is 1. The molecule has 0 aromatic heterocycles. The van der Waals surface area contributed by atoms with Crippen molar-refractivity contribution in [3.63, 3.8) is 0 Å². The number of rotatable bonds is 3. The first-order valence-corrected chi connectivity index (χ1v) is 11.6. The van der Waals surface area contributed by atoms with Crippen molar-refractivity contribution in [3.05, 3.63) is 33.3 Å². The molecule has 2 aliphatic heterocycles. The van der Waals surface area contributed by atoms with E-state index in [0.29, 0.717) is 22.0 Å². The van der Waals surface area contributed by atoms with Crippen molar-refractivity contribution in [2.24, 2.45) is 0 Å². The monoisotopic (exact) mass is 412 g/mol. The lowest BCUT2D eigenvalue weighted by Crippen LogP contribution is -2.53. The Balaban J connectivity index is 1.50. The smallest absolute Gasteiger partial charge is 0.230 e. The van der Waals surface area contributed by atoms with E-state index in [0.717, 1.165) is 43.0 Å². The van der Waals surface area contributed by atoms with Crippen molar-refractivity contribution in [3.8, 4) is 0 Å². The molecule has 0 spiro atoms. The van der Waals surface area contributed by atoms with E-state index < -0.39 is 0 Å². The number of nitrogens with zero attached hydrogens (tertiary/aromatic N) is 2. The summed E-state index contributed by atoms with van der Waals surface area (Å²) in [6.45, 7) is 4.27. The van der Waals surface area contributed by atoms with E-state index in [1.165, 1.54) is 37.9 Å². The fourth-order valence-corrected chi connectivity index (χ4v) is 6.00. The summed E-state index contributed by atoms with van der Waals surface area (Å²) in [5.41, 5.74) is 2.29. The minimum atomic E-state index is -0.0493. The number of amides is 1. The van der Waals surface area contributed by atoms with Crippen molar-refractivity contribution in [2.45, 2.75) is 44.1 Å². The van der Waals surface area contributed by atoms with Crippen LogP contribution in [0.4, 0.5) is 0 Å². The number of hydrogen-bond donors (Lipinski definition) is 0. The molecule has 1 amide bonds. The SMILES string of the molecule is O=C(C1CCc2cc(Cl)c(Cl)cc21)N1CCSCC1CN1CCCCC1. The zero-order valence-electron chi connectivity index (χ0n) is 15.1. The number of hydrogen-bond acceptors (Lipinski definition) is 3. The van der Waals surface area contributed by atoms with Crippen molar-refractivity contribution in [1.82, 2.24) is 9.80 Å². The van der Waals surface area contributed by atoms with Crippen LogP contribution >= 0.6 is 35.0 Å². The van der Waals surface area contributed by atoms with Gasteiger partial charge in [-0.1, -0.05) is 29.6 Å². The van der Waals surface area contributed by atoms with Gasteiger partial charge in [0.2, 0.25) is 5.91 Å². The van der Waals surface area contributed by atoms with Crippen molar-refractivity contribution in [2.75, 3.05) is 37.7 Å². The maximum Gasteiger partial charge on any atom is 0.230 e. The van der Waals surface area contributed by atoms with E-state index in [4.69, 9.17) is 23.2 Å². The molecule has 0 saturated carbocycles. The summed E-state index contributed by atoms with van der Waals surface area (Å²) in [5.74, 6) is 2.35. The minimum absolute atomic E-state index is 0.0493. The second-order valence-corrected chi connectivity index (χ2v) is 9.64. The van der Waals surface area contributed by atoms with Gasteiger partial charge in [0.15, 0.2) is 0 Å². The number of carbonyl (C=O) groups is 1. The molecule has 3 nitrogen and oxygen atoms in total. The largest absolute Gasteiger partial charge is 0.336 e. The van der Waals surface area contributed by atoms with E-state index in [1.54, 1.807) is 0 Å². The standard InChI is InChI=1S/C20H26Cl2N2OS/c21-18-10-14-4-5-16(17(14)11-19(18)22)20(25)24-8-9-26-13-15(24)12-23-6-2-1-3-7-23/h10-11,15-16H,1-9,12-13H2. The Morgan fingerprint density at radius 2 is 1.88 bits per heavy atom. The summed E-state index contributed by atoms with van der Waals surface area (Å²) in [4.78, 5) is 18.2. The van der Waals surface area contributed by atoms with E-state index >= 15 is 0 Å². The highest BCUT2D eigenvalue weighted by molar-refractivity contribution is 7.99. The fourth-order valence-electron chi connectivity index (χ4n) is 4.59. The summed E-state index contributed by atoms with van der Waals surface area (Å²) in [5, 5.41) is 1.15. The Hall–Kier alpha value is -0.420. The first-order chi connectivity index (χ1) is 12.6. The molecule has 0 radical (unpaired) electrons. The molecular formula is C20H26Cl2N2OS. The average molecular weight is 413 g/mol. The summed E-state index contributed by atoms with van der Waals surface area (Å²) >= 11 is 14.4. The van der Waals surface area contributed by atoms with E-state index in [-0.39, 0.29) is 5.92 Å². The number of carbonyl (C=O) groups excluding carboxylic acids is 1. The molecule has 6 heteroatoms. The molecule has 2 heterocycles. The first-order valence-electron chi connectivity index (χ1n) is 9.72. The second-order valence-electron chi connectivity index (χ2n) is 7.68. The van der Waals surface area contributed by atoms with Gasteiger partial charge in [-0.15, -0.1) is 0 Å². The van der Waals surface area contributed by atoms with Crippen LogP contribution in [0.2, 0.25) is 10.0 Å². The maximum atomic E-state index is 13.4. The topological polar surface area (TPSA) is 23.6 Å². The molecular weight excluding hydrogens is 387 g/mol. The quantitative estimate of drug-likeness (QED) is 0.732. The molecule has 1 aromatic carbocycles. The Labute approximate surface area is 170 Å². The van der Waals surface area contributed by atoms with Gasteiger partial charge in [0.1, 0.15) is 0 Å². The Morgan fingerprint density at radius 1 is 1.12 bits per heavy atom. The van der Waals surface area contributed by atoms with Crippen molar-refractivity contribution in [1.29, 1.82) is 0 Å². The van der Waals surface area contributed by atoms with Gasteiger partial charge in [-0.25, -0.2) is 0 Å². The van der Waals surface area contributed by atoms with Crippen LogP contribution in [0.3, 0.4) is 0 Å². The molecule has 4 rings (SSSR count). The van der Waals surface area contributed by atoms with E-state index in [9.17, 15) is 4.79 Å². The van der Waals surface area contributed by atoms with Gasteiger partial charge in [0.25, 0.3) is 0 Å². The Bertz CT molecular complexity index is 678. The van der Waals surface area contributed by atoms with Gasteiger partial charge in [-0.2, -0.15) is 11.8 Å². The van der Waals surface area contributed by atoms with Gasteiger partial charge in [0.05, 0.1) is 22.0 Å². The molecule has 1 aliphatic carbocycles. The third kappa shape index (κ3) is 3.89. The second kappa shape index (κ2) is 8.30. The maximum absolute atomic E-state index is 13.4. The lowest BCUT2D eigenvalue weighted by atomic mass is 9.98. The summed E-state index contributed by atoms with van der Waals surface area (Å²) in [6, 6.07) is 4.21. The van der Waals surface area contributed by atoms with Crippen LogP contribution in [-0.4, -0.2) is 59.4 Å². The van der Waals surface area contributed by atoms with Gasteiger partial charge in [-0.05, 0) is 62.0 Å². The molecule has 2 atom stereocenters. The van der Waals surface area contributed by atoms with Crippen LogP contribution in [0.5, 0.6) is 0 Å². The predicted octanol–water partition coefficient (Wildman–Crippen LogP) is 4.45. The lowest BCUT2D eigenvalue weighted by molar-refractivity contribution is -0.135. The molecule has 26 heavy (non-hydrogen) atoms. The van der Waals surface area contributed by atoms with Gasteiger partial charge in [0, 0.05) is 24.6 Å². The van der Waals surface area contributed by atoms with Gasteiger partial charge in [-0.3, -0.25) is 4.79 Å². The molecule has 1 aromatic rings. The molecule has 2 unspecified atom stereocenters. The van der Waals surface area contributed by atoms with Gasteiger partial charge >= 0.3 is 0 Å². The number of halogens is 2. The zero-order valence-corrected chi connectivity index (χ0v) is 17.4. The van der Waals surface area contributed by atoms with E-state index in [1.807, 2.05) is 23.9 Å². The summed E-state index contributed by atoms with van der Waals surface area (Å²) < 4.78 is 0. The lowest BCUT2D eigenvalue weighted by Gasteiger charge is -2.40. The normalized spacial score (nSPS) is 26.8. The van der Waals surface area contributed by atoms with Crippen molar-refractivity contribution < 1.29 is 4.79 Å². The molecule has 0 bridgehead atoms. The van der Waals surface area contributed by atoms with Crippen LogP contribution in [0.15, 0.2) is 12.1 Å². The number of fused-ring (bicyclic) bond motifs is 1. The molecule has 3 aliphatic rings. The molecule has 2 fully saturated rings. The summed E-state index contributed by atoms with van der Waals surface area (Å²) in [7, 11) is 0. The number of aryl methyl sites for hydroxylation is 1. The van der Waals surface area contributed by atoms with Crippen LogP contribution < -0.4 is 0 Å². The number of piperidine rings is 1. The Kier molecular flexibility index (Phi) is 6.04. The first kappa shape index (κ1) is 18.9. The third-order valence-electron chi connectivity index (χ3n) is 5.99. The van der Waals surface area contributed by atoms with Crippen LogP contribution in [-0.2, 0) is 11.2 Å². The minimum Gasteiger partial charge on any atom is -0.336 e. The highest BCUT2D eigenvalue weighted by atomic mass is 35.5. The highest BCUT2D eigenvalue weighted by Crippen LogP contribution is 2.39. The van der Waals surface area contributed by atoms with E-state index in [2.05, 4.69) is 9.80 Å². The fraction of sp³-hybridized carbons (Fsp3) is 0.650. The van der Waals surface area contributed by atoms with Crippen LogP contribution in [0.25, 0.3) is 0 Å². The average Bonchev–Trinajstić information content (AvgIpc) is 3.05.